The number of carbonyl (C=O) groups excluding carboxylic acids is 1. The van der Waals surface area contributed by atoms with Gasteiger partial charge in [0.05, 0.1) is 26.0 Å². The van der Waals surface area contributed by atoms with Crippen molar-refractivity contribution in [1.82, 2.24) is 5.43 Å². The van der Waals surface area contributed by atoms with Crippen LogP contribution in [0.1, 0.15) is 27.0 Å². The Bertz CT molecular complexity index is 1030. The molecule has 30 heavy (non-hydrogen) atoms. The van der Waals surface area contributed by atoms with Crippen LogP contribution in [0.4, 0.5) is 0 Å². The zero-order valence-corrected chi connectivity index (χ0v) is 17.2. The van der Waals surface area contributed by atoms with Crippen LogP contribution in [-0.2, 0) is 6.61 Å². The van der Waals surface area contributed by atoms with Crippen LogP contribution in [0.15, 0.2) is 71.8 Å². The number of hydrogen-bond acceptors (Lipinski definition) is 5. The molecule has 0 saturated heterocycles. The van der Waals surface area contributed by atoms with Crippen LogP contribution in [0.25, 0.3) is 0 Å². The third kappa shape index (κ3) is 5.38. The van der Waals surface area contributed by atoms with E-state index in [1.165, 1.54) is 7.11 Å². The van der Waals surface area contributed by atoms with E-state index >= 15 is 0 Å². The lowest BCUT2D eigenvalue weighted by atomic mass is 10.1. The Hall–Kier alpha value is -3.80. The fourth-order valence-corrected chi connectivity index (χ4v) is 2.83. The second kappa shape index (κ2) is 10.1. The van der Waals surface area contributed by atoms with Gasteiger partial charge in [-0.3, -0.25) is 4.79 Å². The Morgan fingerprint density at radius 3 is 2.43 bits per heavy atom. The molecule has 0 fully saturated rings. The maximum absolute atomic E-state index is 12.4. The van der Waals surface area contributed by atoms with E-state index in [1.807, 2.05) is 55.5 Å². The molecule has 6 nitrogen and oxygen atoms in total. The molecule has 0 atom stereocenters. The number of rotatable bonds is 8. The zero-order chi connectivity index (χ0) is 21.3. The number of nitrogens with zero attached hydrogens (tertiary/aromatic N) is 1. The number of ether oxygens (including phenoxy) is 3. The van der Waals surface area contributed by atoms with Gasteiger partial charge in [0.1, 0.15) is 12.4 Å². The smallest absolute Gasteiger partial charge is 0.275 e. The van der Waals surface area contributed by atoms with Crippen molar-refractivity contribution in [2.24, 2.45) is 5.10 Å². The molecule has 6 heteroatoms. The summed E-state index contributed by atoms with van der Waals surface area (Å²) in [4.78, 5) is 12.4. The number of amides is 1. The number of aryl methyl sites for hydroxylation is 1. The van der Waals surface area contributed by atoms with Crippen molar-refractivity contribution < 1.29 is 19.0 Å². The van der Waals surface area contributed by atoms with Gasteiger partial charge in [-0.2, -0.15) is 5.10 Å². The maximum Gasteiger partial charge on any atom is 0.275 e. The summed E-state index contributed by atoms with van der Waals surface area (Å²) >= 11 is 0. The Morgan fingerprint density at radius 2 is 1.70 bits per heavy atom. The number of nitrogens with one attached hydrogen (secondary N) is 1. The van der Waals surface area contributed by atoms with E-state index in [9.17, 15) is 4.79 Å². The van der Waals surface area contributed by atoms with Gasteiger partial charge in [-0.1, -0.05) is 36.4 Å². The van der Waals surface area contributed by atoms with Crippen LogP contribution in [0.2, 0.25) is 0 Å². The summed E-state index contributed by atoms with van der Waals surface area (Å²) in [6.45, 7) is 2.38. The Balaban J connectivity index is 1.65. The fraction of sp³-hybridized carbons (Fsp3) is 0.167. The molecular formula is C24H24N2O4. The minimum atomic E-state index is -0.349. The minimum Gasteiger partial charge on any atom is -0.496 e. The number of hydrazone groups is 1. The maximum atomic E-state index is 12.4. The normalized spacial score (nSPS) is 10.6. The topological polar surface area (TPSA) is 69.2 Å². The predicted molar refractivity (Wildman–Crippen MR) is 117 cm³/mol. The quantitative estimate of drug-likeness (QED) is 0.448. The van der Waals surface area contributed by atoms with Crippen LogP contribution in [0, 0.1) is 6.92 Å². The van der Waals surface area contributed by atoms with Crippen molar-refractivity contribution in [1.29, 1.82) is 0 Å². The minimum absolute atomic E-state index is 0.349. The van der Waals surface area contributed by atoms with Crippen LogP contribution in [0.5, 0.6) is 17.2 Å². The van der Waals surface area contributed by atoms with Crippen LogP contribution >= 0.6 is 0 Å². The molecule has 0 spiro atoms. The van der Waals surface area contributed by atoms with Crippen LogP contribution < -0.4 is 19.6 Å². The lowest BCUT2D eigenvalue weighted by molar-refractivity contribution is 0.0952. The van der Waals surface area contributed by atoms with Crippen molar-refractivity contribution in [2.75, 3.05) is 14.2 Å². The molecule has 3 rings (SSSR count). The summed E-state index contributed by atoms with van der Waals surface area (Å²) in [5.74, 6) is 1.37. The molecule has 154 valence electrons. The Morgan fingerprint density at radius 1 is 0.933 bits per heavy atom. The van der Waals surface area contributed by atoms with Gasteiger partial charge in [-0.05, 0) is 53.9 Å². The number of hydrogen-bond donors (Lipinski definition) is 1. The standard InChI is InChI=1S/C24H24N2O4/c1-17-9-11-20(22(13-17)28-2)24(27)26-25-15-19-10-12-21(23(14-19)29-3)30-16-18-7-5-4-6-8-18/h4-15H,16H2,1-3H3,(H,26,27)/b25-15-. The van der Waals surface area contributed by atoms with Gasteiger partial charge in [0.2, 0.25) is 0 Å². The Kier molecular flexibility index (Phi) is 7.05. The molecule has 0 aliphatic heterocycles. The summed E-state index contributed by atoms with van der Waals surface area (Å²) in [7, 11) is 3.11. The predicted octanol–water partition coefficient (Wildman–Crippen LogP) is 4.36. The lowest BCUT2D eigenvalue weighted by Crippen LogP contribution is -2.18. The first-order valence-electron chi connectivity index (χ1n) is 9.43. The van der Waals surface area contributed by atoms with E-state index < -0.39 is 0 Å². The summed E-state index contributed by atoms with van der Waals surface area (Å²) in [5.41, 5.74) is 5.77. The number of carbonyl (C=O) groups is 1. The molecule has 0 unspecified atom stereocenters. The highest BCUT2D eigenvalue weighted by atomic mass is 16.5. The highest BCUT2D eigenvalue weighted by Crippen LogP contribution is 2.28. The monoisotopic (exact) mass is 404 g/mol. The van der Waals surface area contributed by atoms with Gasteiger partial charge in [-0.15, -0.1) is 0 Å². The van der Waals surface area contributed by atoms with Gasteiger partial charge in [-0.25, -0.2) is 5.43 Å². The molecule has 0 aromatic heterocycles. The van der Waals surface area contributed by atoms with Gasteiger partial charge < -0.3 is 14.2 Å². The van der Waals surface area contributed by atoms with E-state index in [0.717, 1.165) is 16.7 Å². The Labute approximate surface area is 176 Å². The van der Waals surface area contributed by atoms with Crippen LogP contribution in [0.3, 0.4) is 0 Å². The van der Waals surface area contributed by atoms with E-state index in [4.69, 9.17) is 14.2 Å². The molecule has 1 N–H and O–H groups in total. The molecule has 0 radical (unpaired) electrons. The number of benzene rings is 3. The molecule has 0 heterocycles. The molecule has 3 aromatic rings. The first-order valence-corrected chi connectivity index (χ1v) is 9.43. The van der Waals surface area contributed by atoms with E-state index in [2.05, 4.69) is 10.5 Å². The average molecular weight is 404 g/mol. The third-order valence-corrected chi connectivity index (χ3v) is 4.41. The summed E-state index contributed by atoms with van der Waals surface area (Å²) in [6, 6.07) is 20.7. The highest BCUT2D eigenvalue weighted by Gasteiger charge is 2.11. The second-order valence-corrected chi connectivity index (χ2v) is 6.59. The van der Waals surface area contributed by atoms with E-state index in [-0.39, 0.29) is 5.91 Å². The summed E-state index contributed by atoms with van der Waals surface area (Å²) < 4.78 is 16.5. The van der Waals surface area contributed by atoms with Crippen molar-refractivity contribution in [3.8, 4) is 17.2 Å². The zero-order valence-electron chi connectivity index (χ0n) is 17.2. The van der Waals surface area contributed by atoms with Gasteiger partial charge in [0.25, 0.3) is 5.91 Å². The average Bonchev–Trinajstić information content (AvgIpc) is 2.78. The summed E-state index contributed by atoms with van der Waals surface area (Å²) in [5, 5.41) is 4.04. The first kappa shape index (κ1) is 20.9. The van der Waals surface area contributed by atoms with Gasteiger partial charge >= 0.3 is 0 Å². The molecule has 0 saturated carbocycles. The third-order valence-electron chi connectivity index (χ3n) is 4.41. The molecule has 0 aliphatic carbocycles. The fourth-order valence-electron chi connectivity index (χ4n) is 2.83. The largest absolute Gasteiger partial charge is 0.496 e. The van der Waals surface area contributed by atoms with E-state index in [0.29, 0.717) is 29.4 Å². The molecule has 0 bridgehead atoms. The summed E-state index contributed by atoms with van der Waals surface area (Å²) in [6.07, 6.45) is 1.54. The molecular weight excluding hydrogens is 380 g/mol. The first-order chi connectivity index (χ1) is 14.6. The highest BCUT2D eigenvalue weighted by molar-refractivity contribution is 5.97. The molecule has 3 aromatic carbocycles. The van der Waals surface area contributed by atoms with Gasteiger partial charge in [0, 0.05) is 0 Å². The molecule has 1 amide bonds. The van der Waals surface area contributed by atoms with E-state index in [1.54, 1.807) is 31.5 Å². The van der Waals surface area contributed by atoms with Crippen molar-refractivity contribution in [2.45, 2.75) is 13.5 Å². The molecule has 0 aliphatic rings. The SMILES string of the molecule is COc1cc(/C=N\NC(=O)c2ccc(C)cc2OC)ccc1OCc1ccccc1. The lowest BCUT2D eigenvalue weighted by Gasteiger charge is -2.11. The second-order valence-electron chi connectivity index (χ2n) is 6.59. The number of methoxy groups -OCH3 is 2. The van der Waals surface area contributed by atoms with Crippen LogP contribution in [-0.4, -0.2) is 26.3 Å². The van der Waals surface area contributed by atoms with Crippen molar-refractivity contribution in [3.05, 3.63) is 89.0 Å². The van der Waals surface area contributed by atoms with Gasteiger partial charge in [0.15, 0.2) is 11.5 Å². The van der Waals surface area contributed by atoms with Crippen molar-refractivity contribution >= 4 is 12.1 Å². The van der Waals surface area contributed by atoms with Crippen molar-refractivity contribution in [3.63, 3.8) is 0 Å².